The number of nitrogens with zero attached hydrogens (tertiary/aromatic N) is 1. The zero-order chi connectivity index (χ0) is 18.6. The van der Waals surface area contributed by atoms with Crippen LogP contribution in [-0.4, -0.2) is 15.9 Å². The maximum Gasteiger partial charge on any atom is 0.261 e. The number of benzene rings is 3. The predicted molar refractivity (Wildman–Crippen MR) is 106 cm³/mol. The first-order valence-corrected chi connectivity index (χ1v) is 8.79. The van der Waals surface area contributed by atoms with E-state index in [1.165, 1.54) is 0 Å². The number of fused-ring (bicyclic) bond motifs is 1. The minimum Gasteiger partial charge on any atom is -0.488 e. The van der Waals surface area contributed by atoms with Gasteiger partial charge in [-0.1, -0.05) is 48.0 Å². The molecule has 2 N–H and O–H groups in total. The number of aromatic nitrogens is 2. The topological polar surface area (TPSA) is 67.0 Å². The minimum absolute atomic E-state index is 0.291. The van der Waals surface area contributed by atoms with Crippen molar-refractivity contribution >= 4 is 34.5 Å². The Bertz CT molecular complexity index is 1060. The first kappa shape index (κ1) is 17.1. The predicted octanol–water partition coefficient (Wildman–Crippen LogP) is 5.05. The second kappa shape index (κ2) is 7.51. The zero-order valence-corrected chi connectivity index (χ0v) is 15.0. The average molecular weight is 378 g/mol. The Labute approximate surface area is 161 Å². The molecule has 6 heteroatoms. The number of carbonyl (C=O) groups is 1. The molecule has 0 aliphatic heterocycles. The van der Waals surface area contributed by atoms with Crippen LogP contribution in [0.4, 0.5) is 5.95 Å². The molecule has 0 saturated heterocycles. The summed E-state index contributed by atoms with van der Waals surface area (Å²) in [7, 11) is 0. The molecule has 0 aliphatic rings. The molecule has 4 aromatic rings. The van der Waals surface area contributed by atoms with E-state index in [9.17, 15) is 4.79 Å². The molecule has 1 aromatic heterocycles. The Balaban J connectivity index is 1.50. The van der Waals surface area contributed by atoms with Crippen LogP contribution in [0.2, 0.25) is 5.02 Å². The molecule has 0 spiro atoms. The third-order valence-corrected chi connectivity index (χ3v) is 4.31. The van der Waals surface area contributed by atoms with E-state index in [1.807, 2.05) is 42.5 Å². The normalized spacial score (nSPS) is 10.7. The third-order valence-electron chi connectivity index (χ3n) is 4.06. The van der Waals surface area contributed by atoms with Gasteiger partial charge in [-0.3, -0.25) is 10.1 Å². The van der Waals surface area contributed by atoms with E-state index in [1.54, 1.807) is 30.3 Å². The summed E-state index contributed by atoms with van der Waals surface area (Å²) in [5, 5.41) is 3.46. The van der Waals surface area contributed by atoms with Crippen molar-refractivity contribution in [2.75, 3.05) is 5.32 Å². The van der Waals surface area contributed by atoms with Crippen molar-refractivity contribution in [3.05, 3.63) is 88.9 Å². The number of hydrogen-bond acceptors (Lipinski definition) is 3. The molecule has 0 aliphatic carbocycles. The molecule has 0 bridgehead atoms. The summed E-state index contributed by atoms with van der Waals surface area (Å²) in [6, 6.07) is 22.1. The van der Waals surface area contributed by atoms with Gasteiger partial charge < -0.3 is 9.72 Å². The fourth-order valence-electron chi connectivity index (χ4n) is 2.71. The van der Waals surface area contributed by atoms with Gasteiger partial charge in [0.05, 0.1) is 16.6 Å². The van der Waals surface area contributed by atoms with Crippen LogP contribution in [0.5, 0.6) is 5.75 Å². The largest absolute Gasteiger partial charge is 0.488 e. The zero-order valence-electron chi connectivity index (χ0n) is 14.3. The van der Waals surface area contributed by atoms with Gasteiger partial charge in [0.15, 0.2) is 0 Å². The lowest BCUT2D eigenvalue weighted by Gasteiger charge is -2.11. The Morgan fingerprint density at radius 1 is 1.00 bits per heavy atom. The number of hydrogen-bond donors (Lipinski definition) is 2. The van der Waals surface area contributed by atoms with Gasteiger partial charge in [-0.25, -0.2) is 4.98 Å². The highest BCUT2D eigenvalue weighted by atomic mass is 35.5. The Morgan fingerprint density at radius 3 is 2.56 bits per heavy atom. The summed E-state index contributed by atoms with van der Waals surface area (Å²) in [4.78, 5) is 20.2. The number of ether oxygens (including phenoxy) is 1. The molecule has 1 amide bonds. The first-order chi connectivity index (χ1) is 13.2. The van der Waals surface area contributed by atoms with Crippen molar-refractivity contribution in [2.45, 2.75) is 6.61 Å². The van der Waals surface area contributed by atoms with E-state index in [2.05, 4.69) is 15.3 Å². The van der Waals surface area contributed by atoms with E-state index < -0.39 is 0 Å². The van der Waals surface area contributed by atoms with Gasteiger partial charge in [0.2, 0.25) is 5.95 Å². The number of halogens is 1. The maximum absolute atomic E-state index is 12.7. The van der Waals surface area contributed by atoms with Crippen molar-refractivity contribution in [2.24, 2.45) is 0 Å². The van der Waals surface area contributed by atoms with E-state index in [4.69, 9.17) is 16.3 Å². The Hall–Kier alpha value is -3.31. The highest BCUT2D eigenvalue weighted by molar-refractivity contribution is 6.30. The summed E-state index contributed by atoms with van der Waals surface area (Å²) < 4.78 is 5.85. The van der Waals surface area contributed by atoms with Crippen molar-refractivity contribution in [1.82, 2.24) is 9.97 Å². The van der Waals surface area contributed by atoms with E-state index in [0.717, 1.165) is 16.6 Å². The highest BCUT2D eigenvalue weighted by Crippen LogP contribution is 2.22. The molecule has 27 heavy (non-hydrogen) atoms. The number of rotatable bonds is 5. The van der Waals surface area contributed by atoms with E-state index in [-0.39, 0.29) is 5.91 Å². The quantitative estimate of drug-likeness (QED) is 0.511. The summed E-state index contributed by atoms with van der Waals surface area (Å²) in [6.07, 6.45) is 0. The second-order valence-corrected chi connectivity index (χ2v) is 6.40. The van der Waals surface area contributed by atoms with Crippen molar-refractivity contribution in [3.63, 3.8) is 0 Å². The standard InChI is InChI=1S/C21H16ClN3O2/c22-15-11-9-14(10-12-15)13-27-19-8-4-1-5-16(19)20(26)25-21-23-17-6-2-3-7-18(17)24-21/h1-12H,13H2,(H2,23,24,25,26). The van der Waals surface area contributed by atoms with Crippen LogP contribution >= 0.6 is 11.6 Å². The monoisotopic (exact) mass is 377 g/mol. The molecular weight excluding hydrogens is 362 g/mol. The fraction of sp³-hybridized carbons (Fsp3) is 0.0476. The number of anilines is 1. The van der Waals surface area contributed by atoms with Crippen molar-refractivity contribution < 1.29 is 9.53 Å². The number of imidazole rings is 1. The van der Waals surface area contributed by atoms with E-state index in [0.29, 0.717) is 28.9 Å². The van der Waals surface area contributed by atoms with E-state index >= 15 is 0 Å². The summed E-state index contributed by atoms with van der Waals surface area (Å²) >= 11 is 5.90. The molecule has 0 fully saturated rings. The van der Waals surface area contributed by atoms with Crippen LogP contribution in [0.1, 0.15) is 15.9 Å². The molecule has 134 valence electrons. The van der Waals surface area contributed by atoms with Gasteiger partial charge >= 0.3 is 0 Å². The minimum atomic E-state index is -0.291. The summed E-state index contributed by atoms with van der Waals surface area (Å²) in [5.74, 6) is 0.607. The molecular formula is C21H16ClN3O2. The molecule has 1 heterocycles. The fourth-order valence-corrected chi connectivity index (χ4v) is 2.83. The molecule has 0 radical (unpaired) electrons. The average Bonchev–Trinajstić information content (AvgIpc) is 3.10. The van der Waals surface area contributed by atoms with Crippen LogP contribution in [0, 0.1) is 0 Å². The van der Waals surface area contributed by atoms with Crippen LogP contribution in [0.25, 0.3) is 11.0 Å². The van der Waals surface area contributed by atoms with Gasteiger partial charge in [-0.2, -0.15) is 0 Å². The molecule has 0 atom stereocenters. The number of amides is 1. The summed E-state index contributed by atoms with van der Waals surface area (Å²) in [5.41, 5.74) is 3.05. The van der Waals surface area contributed by atoms with Crippen LogP contribution in [-0.2, 0) is 6.61 Å². The Morgan fingerprint density at radius 2 is 1.74 bits per heavy atom. The van der Waals surface area contributed by atoms with Crippen LogP contribution < -0.4 is 10.1 Å². The summed E-state index contributed by atoms with van der Waals surface area (Å²) in [6.45, 7) is 0.339. The smallest absolute Gasteiger partial charge is 0.261 e. The van der Waals surface area contributed by atoms with Gasteiger partial charge in [0.1, 0.15) is 12.4 Å². The second-order valence-electron chi connectivity index (χ2n) is 5.97. The molecule has 0 saturated carbocycles. The molecule has 0 unspecified atom stereocenters. The third kappa shape index (κ3) is 3.93. The molecule has 4 rings (SSSR count). The van der Waals surface area contributed by atoms with Gasteiger partial charge in [0, 0.05) is 5.02 Å². The van der Waals surface area contributed by atoms with Crippen LogP contribution in [0.3, 0.4) is 0 Å². The maximum atomic E-state index is 12.7. The van der Waals surface area contributed by atoms with Crippen LogP contribution in [0.15, 0.2) is 72.8 Å². The number of aromatic amines is 1. The first-order valence-electron chi connectivity index (χ1n) is 8.41. The lowest BCUT2D eigenvalue weighted by Crippen LogP contribution is -2.14. The van der Waals surface area contributed by atoms with Crippen molar-refractivity contribution in [1.29, 1.82) is 0 Å². The number of H-pyrrole nitrogens is 1. The number of para-hydroxylation sites is 3. The van der Waals surface area contributed by atoms with Gasteiger partial charge in [-0.05, 0) is 42.0 Å². The number of nitrogens with one attached hydrogen (secondary N) is 2. The van der Waals surface area contributed by atoms with Gasteiger partial charge in [0.25, 0.3) is 5.91 Å². The van der Waals surface area contributed by atoms with Crippen molar-refractivity contribution in [3.8, 4) is 5.75 Å². The van der Waals surface area contributed by atoms with Gasteiger partial charge in [-0.15, -0.1) is 0 Å². The lowest BCUT2D eigenvalue weighted by molar-refractivity contribution is 0.102. The molecule has 5 nitrogen and oxygen atoms in total. The highest BCUT2D eigenvalue weighted by Gasteiger charge is 2.14. The molecule has 3 aromatic carbocycles. The Kier molecular flexibility index (Phi) is 4.77. The number of carbonyl (C=O) groups excluding carboxylic acids is 1. The lowest BCUT2D eigenvalue weighted by atomic mass is 10.2. The SMILES string of the molecule is O=C(Nc1nc2ccccc2[nH]1)c1ccccc1OCc1ccc(Cl)cc1.